The Kier molecular flexibility index (Phi) is 5.83. The van der Waals surface area contributed by atoms with Crippen molar-refractivity contribution >= 4 is 0 Å². The summed E-state index contributed by atoms with van der Waals surface area (Å²) in [6.45, 7) is 12.7. The first-order chi connectivity index (χ1) is 10.1. The Morgan fingerprint density at radius 2 is 1.90 bits per heavy atom. The Morgan fingerprint density at radius 1 is 1.24 bits per heavy atom. The van der Waals surface area contributed by atoms with E-state index in [0.717, 1.165) is 25.7 Å². The molecule has 1 aromatic rings. The number of rotatable bonds is 9. The molecular weight excluding hydrogens is 256 g/mol. The lowest BCUT2D eigenvalue weighted by Gasteiger charge is -2.38. The van der Waals surface area contributed by atoms with Crippen LogP contribution in [0.5, 0.6) is 0 Å². The van der Waals surface area contributed by atoms with E-state index in [9.17, 15) is 0 Å². The molecule has 0 radical (unpaired) electrons. The van der Waals surface area contributed by atoms with Gasteiger partial charge in [-0.05, 0) is 38.3 Å². The molecule has 1 aliphatic carbocycles. The van der Waals surface area contributed by atoms with Gasteiger partial charge >= 0.3 is 0 Å². The molecule has 0 bridgehead atoms. The Balaban J connectivity index is 2.13. The highest BCUT2D eigenvalue weighted by Gasteiger charge is 2.32. The molecule has 0 saturated heterocycles. The third-order valence-corrected chi connectivity index (χ3v) is 5.00. The molecule has 0 spiro atoms. The summed E-state index contributed by atoms with van der Waals surface area (Å²) in [6.07, 6.45) is 3.93. The summed E-state index contributed by atoms with van der Waals surface area (Å²) >= 11 is 0. The van der Waals surface area contributed by atoms with Crippen LogP contribution in [0.25, 0.3) is 0 Å². The highest BCUT2D eigenvalue weighted by molar-refractivity contribution is 5.26. The van der Waals surface area contributed by atoms with Crippen LogP contribution in [-0.2, 0) is 5.41 Å². The van der Waals surface area contributed by atoms with Gasteiger partial charge in [0.2, 0.25) is 0 Å². The van der Waals surface area contributed by atoms with Crippen LogP contribution in [0.3, 0.4) is 0 Å². The molecule has 2 rings (SSSR count). The van der Waals surface area contributed by atoms with Gasteiger partial charge in [0, 0.05) is 30.6 Å². The predicted octanol–water partition coefficient (Wildman–Crippen LogP) is 3.82. The summed E-state index contributed by atoms with van der Waals surface area (Å²) in [7, 11) is 0. The minimum Gasteiger partial charge on any atom is -0.313 e. The van der Waals surface area contributed by atoms with E-state index in [1.54, 1.807) is 0 Å². The molecule has 0 aliphatic heterocycles. The zero-order chi connectivity index (χ0) is 15.3. The van der Waals surface area contributed by atoms with Gasteiger partial charge in [-0.2, -0.15) is 0 Å². The second kappa shape index (κ2) is 7.42. The zero-order valence-corrected chi connectivity index (χ0v) is 14.2. The molecule has 1 fully saturated rings. The van der Waals surface area contributed by atoms with Crippen LogP contribution in [0.2, 0.25) is 0 Å². The normalized spacial score (nSPS) is 19.5. The average Bonchev–Trinajstić information content (AvgIpc) is 3.35. The van der Waals surface area contributed by atoms with Crippen molar-refractivity contribution in [3.05, 3.63) is 35.9 Å². The Bertz CT molecular complexity index is 413. The molecule has 2 unspecified atom stereocenters. The van der Waals surface area contributed by atoms with Gasteiger partial charge in [0.25, 0.3) is 0 Å². The molecule has 2 heteroatoms. The summed E-state index contributed by atoms with van der Waals surface area (Å²) < 4.78 is 0. The smallest absolute Gasteiger partial charge is 0.0177 e. The second-order valence-corrected chi connectivity index (χ2v) is 6.90. The molecule has 1 N–H and O–H groups in total. The Labute approximate surface area is 130 Å². The van der Waals surface area contributed by atoms with Gasteiger partial charge < -0.3 is 10.2 Å². The average molecular weight is 288 g/mol. The summed E-state index contributed by atoms with van der Waals surface area (Å²) in [5.74, 6) is 0. The van der Waals surface area contributed by atoms with Crippen molar-refractivity contribution in [3.8, 4) is 0 Å². The van der Waals surface area contributed by atoms with E-state index >= 15 is 0 Å². The fourth-order valence-corrected chi connectivity index (χ4v) is 3.03. The predicted molar refractivity (Wildman–Crippen MR) is 91.8 cm³/mol. The lowest BCUT2D eigenvalue weighted by Crippen LogP contribution is -2.48. The van der Waals surface area contributed by atoms with Crippen LogP contribution in [-0.4, -0.2) is 36.6 Å². The lowest BCUT2D eigenvalue weighted by atomic mass is 9.81. The summed E-state index contributed by atoms with van der Waals surface area (Å²) in [4.78, 5) is 2.63. The van der Waals surface area contributed by atoms with Gasteiger partial charge in [-0.1, -0.05) is 51.1 Å². The number of nitrogens with one attached hydrogen (secondary N) is 1. The van der Waals surface area contributed by atoms with Gasteiger partial charge in [-0.25, -0.2) is 0 Å². The molecule has 2 atom stereocenters. The zero-order valence-electron chi connectivity index (χ0n) is 14.2. The van der Waals surface area contributed by atoms with E-state index in [4.69, 9.17) is 0 Å². The van der Waals surface area contributed by atoms with Crippen molar-refractivity contribution < 1.29 is 0 Å². The van der Waals surface area contributed by atoms with Gasteiger partial charge in [-0.3, -0.25) is 0 Å². The minimum absolute atomic E-state index is 0.184. The number of benzene rings is 1. The topological polar surface area (TPSA) is 15.3 Å². The lowest BCUT2D eigenvalue weighted by molar-refractivity contribution is 0.167. The fourth-order valence-electron chi connectivity index (χ4n) is 3.03. The van der Waals surface area contributed by atoms with Crippen LogP contribution in [0.4, 0.5) is 0 Å². The van der Waals surface area contributed by atoms with Crippen LogP contribution < -0.4 is 5.32 Å². The van der Waals surface area contributed by atoms with Crippen molar-refractivity contribution in [2.75, 3.05) is 19.6 Å². The molecular formula is C19H32N2. The maximum Gasteiger partial charge on any atom is 0.0177 e. The van der Waals surface area contributed by atoms with E-state index in [0.29, 0.717) is 6.04 Å². The molecule has 21 heavy (non-hydrogen) atoms. The molecule has 1 aromatic carbocycles. The van der Waals surface area contributed by atoms with E-state index in [-0.39, 0.29) is 5.41 Å². The molecule has 1 aliphatic rings. The van der Waals surface area contributed by atoms with E-state index in [1.807, 2.05) is 0 Å². The molecule has 118 valence electrons. The van der Waals surface area contributed by atoms with E-state index < -0.39 is 0 Å². The van der Waals surface area contributed by atoms with E-state index in [2.05, 4.69) is 68.2 Å². The van der Waals surface area contributed by atoms with Crippen LogP contribution >= 0.6 is 0 Å². The molecule has 2 nitrogen and oxygen atoms in total. The number of hydrogen-bond donors (Lipinski definition) is 1. The summed E-state index contributed by atoms with van der Waals surface area (Å²) in [6, 6.07) is 12.5. The van der Waals surface area contributed by atoms with Gasteiger partial charge in [0.15, 0.2) is 0 Å². The first-order valence-corrected chi connectivity index (χ1v) is 8.62. The van der Waals surface area contributed by atoms with Crippen molar-refractivity contribution in [2.45, 2.75) is 64.5 Å². The Morgan fingerprint density at radius 3 is 2.43 bits per heavy atom. The summed E-state index contributed by atoms with van der Waals surface area (Å²) in [5.41, 5.74) is 1.64. The Hall–Kier alpha value is -0.860. The number of hydrogen-bond acceptors (Lipinski definition) is 2. The quantitative estimate of drug-likeness (QED) is 0.743. The maximum absolute atomic E-state index is 3.76. The number of nitrogens with zero attached hydrogens (tertiary/aromatic N) is 1. The molecule has 0 heterocycles. The first-order valence-electron chi connectivity index (χ1n) is 8.62. The number of likely N-dealkylation sites (N-methyl/N-ethyl adjacent to an activating group) is 1. The third-order valence-electron chi connectivity index (χ3n) is 5.00. The van der Waals surface area contributed by atoms with Crippen molar-refractivity contribution in [1.29, 1.82) is 0 Å². The SMILES string of the molecule is CCC(C)N(CC)CC(C)(CNC1CC1)c1ccccc1. The first kappa shape index (κ1) is 16.5. The van der Waals surface area contributed by atoms with Crippen molar-refractivity contribution in [1.82, 2.24) is 10.2 Å². The standard InChI is InChI=1S/C19H32N2/c1-5-16(3)21(6-2)15-19(4,14-20-18-12-13-18)17-10-8-7-9-11-17/h7-11,16,18,20H,5-6,12-15H2,1-4H3. The fraction of sp³-hybridized carbons (Fsp3) is 0.684. The van der Waals surface area contributed by atoms with Crippen LogP contribution in [0.15, 0.2) is 30.3 Å². The molecule has 0 amide bonds. The monoisotopic (exact) mass is 288 g/mol. The maximum atomic E-state index is 3.76. The van der Waals surface area contributed by atoms with Gasteiger partial charge in [-0.15, -0.1) is 0 Å². The van der Waals surface area contributed by atoms with Crippen molar-refractivity contribution in [3.63, 3.8) is 0 Å². The van der Waals surface area contributed by atoms with Crippen LogP contribution in [0.1, 0.15) is 52.5 Å². The van der Waals surface area contributed by atoms with Gasteiger partial charge in [0.05, 0.1) is 0 Å². The highest BCUT2D eigenvalue weighted by atomic mass is 15.2. The molecule has 1 saturated carbocycles. The van der Waals surface area contributed by atoms with Gasteiger partial charge in [0.1, 0.15) is 0 Å². The van der Waals surface area contributed by atoms with Crippen LogP contribution in [0, 0.1) is 0 Å². The second-order valence-electron chi connectivity index (χ2n) is 6.90. The van der Waals surface area contributed by atoms with Crippen molar-refractivity contribution in [2.24, 2.45) is 0 Å². The van der Waals surface area contributed by atoms with E-state index in [1.165, 1.54) is 24.8 Å². The molecule has 0 aromatic heterocycles. The minimum atomic E-state index is 0.184. The third kappa shape index (κ3) is 4.55. The highest BCUT2D eigenvalue weighted by Crippen LogP contribution is 2.28. The largest absolute Gasteiger partial charge is 0.313 e. The summed E-state index contributed by atoms with van der Waals surface area (Å²) in [5, 5.41) is 3.76.